The molecule has 7 nitrogen and oxygen atoms in total. The molecule has 17 heavy (non-hydrogen) atoms. The van der Waals surface area contributed by atoms with Crippen molar-refractivity contribution < 1.29 is 13.3 Å². The van der Waals surface area contributed by atoms with E-state index in [0.29, 0.717) is 19.5 Å². The molecule has 0 unspecified atom stereocenters. The van der Waals surface area contributed by atoms with Crippen molar-refractivity contribution in [2.45, 2.75) is 13.0 Å². The lowest BCUT2D eigenvalue weighted by Gasteiger charge is -2.01. The second kappa shape index (κ2) is 6.05. The summed E-state index contributed by atoms with van der Waals surface area (Å²) in [5.41, 5.74) is 0.817. The van der Waals surface area contributed by atoms with E-state index < -0.39 is 14.9 Å². The molecule has 0 aliphatic carbocycles. The molecule has 9 heteroatoms. The first-order valence-electron chi connectivity index (χ1n) is 4.81. The highest BCUT2D eigenvalue weighted by molar-refractivity contribution is 7.89. The smallest absolute Gasteiger partial charge is 0.313 e. The summed E-state index contributed by atoms with van der Waals surface area (Å²) in [7, 11) is -3.40. The Hall–Kier alpha value is -1.03. The number of rotatable bonds is 7. The Morgan fingerprint density at radius 3 is 2.76 bits per heavy atom. The normalized spacial score (nSPS) is 11.6. The molecule has 0 saturated carbocycles. The summed E-state index contributed by atoms with van der Waals surface area (Å²) in [6.45, 7) is 0.981. The van der Waals surface area contributed by atoms with Crippen molar-refractivity contribution in [2.75, 3.05) is 12.3 Å². The summed E-state index contributed by atoms with van der Waals surface area (Å²) in [4.78, 5) is 9.98. The average Bonchev–Trinajstić information content (AvgIpc) is 2.64. The van der Waals surface area contributed by atoms with Gasteiger partial charge in [-0.25, -0.2) is 13.6 Å². The van der Waals surface area contributed by atoms with Crippen LogP contribution in [0.2, 0.25) is 0 Å². The minimum absolute atomic E-state index is 0.0657. The van der Waals surface area contributed by atoms with Crippen LogP contribution in [0.25, 0.3) is 0 Å². The largest absolute Gasteiger partial charge is 0.324 e. The van der Waals surface area contributed by atoms with Crippen LogP contribution in [0.1, 0.15) is 12.0 Å². The van der Waals surface area contributed by atoms with Gasteiger partial charge in [0.05, 0.1) is 10.7 Å². The summed E-state index contributed by atoms with van der Waals surface area (Å²) in [6, 6.07) is 1.50. The number of sulfonamides is 1. The molecule has 0 fully saturated rings. The zero-order valence-electron chi connectivity index (χ0n) is 8.96. The van der Waals surface area contributed by atoms with E-state index in [-0.39, 0.29) is 10.8 Å². The van der Waals surface area contributed by atoms with E-state index >= 15 is 0 Å². The van der Waals surface area contributed by atoms with Gasteiger partial charge in [-0.15, -0.1) is 0 Å². The molecule has 1 aromatic heterocycles. The second-order valence-corrected chi connectivity index (χ2v) is 6.07. The van der Waals surface area contributed by atoms with Gasteiger partial charge in [0.25, 0.3) is 0 Å². The van der Waals surface area contributed by atoms with Crippen molar-refractivity contribution in [3.05, 3.63) is 27.1 Å². The molecule has 0 aliphatic heterocycles. The molecular formula is C8H13N3O4S2. The topological polar surface area (TPSA) is 115 Å². The third-order valence-electron chi connectivity index (χ3n) is 1.93. The Bertz CT molecular complexity index is 483. The van der Waals surface area contributed by atoms with Crippen LogP contribution in [0.15, 0.2) is 11.4 Å². The van der Waals surface area contributed by atoms with Crippen LogP contribution in [0.5, 0.6) is 0 Å². The van der Waals surface area contributed by atoms with Crippen molar-refractivity contribution >= 4 is 26.4 Å². The monoisotopic (exact) mass is 279 g/mol. The molecule has 1 rings (SSSR count). The highest BCUT2D eigenvalue weighted by Gasteiger charge is 2.09. The zero-order chi connectivity index (χ0) is 12.9. The first kappa shape index (κ1) is 14.0. The molecule has 0 radical (unpaired) electrons. The van der Waals surface area contributed by atoms with Crippen LogP contribution in [-0.2, 0) is 16.6 Å². The van der Waals surface area contributed by atoms with Crippen LogP contribution in [0.4, 0.5) is 5.00 Å². The van der Waals surface area contributed by atoms with Crippen LogP contribution in [-0.4, -0.2) is 25.6 Å². The molecule has 0 aromatic carbocycles. The van der Waals surface area contributed by atoms with Crippen molar-refractivity contribution in [2.24, 2.45) is 5.14 Å². The van der Waals surface area contributed by atoms with E-state index in [1.165, 1.54) is 6.07 Å². The lowest BCUT2D eigenvalue weighted by molar-refractivity contribution is -0.380. The number of primary sulfonamides is 1. The van der Waals surface area contributed by atoms with Gasteiger partial charge in [-0.05, 0) is 18.5 Å². The molecule has 3 N–H and O–H groups in total. The maximum absolute atomic E-state index is 10.6. The number of hydrogen-bond acceptors (Lipinski definition) is 6. The van der Waals surface area contributed by atoms with Gasteiger partial charge in [0.2, 0.25) is 10.0 Å². The van der Waals surface area contributed by atoms with E-state index in [1.54, 1.807) is 5.38 Å². The van der Waals surface area contributed by atoms with Gasteiger partial charge >= 0.3 is 5.00 Å². The average molecular weight is 279 g/mol. The Morgan fingerprint density at radius 1 is 1.53 bits per heavy atom. The Morgan fingerprint density at radius 2 is 2.24 bits per heavy atom. The summed E-state index contributed by atoms with van der Waals surface area (Å²) >= 11 is 1.07. The van der Waals surface area contributed by atoms with Gasteiger partial charge in [0.15, 0.2) is 0 Å². The van der Waals surface area contributed by atoms with Crippen molar-refractivity contribution in [1.82, 2.24) is 5.32 Å². The minimum atomic E-state index is -3.40. The molecule has 0 aliphatic rings. The Kier molecular flexibility index (Phi) is 5.00. The molecule has 1 aromatic rings. The van der Waals surface area contributed by atoms with Crippen LogP contribution in [0.3, 0.4) is 0 Å². The number of nitrogens with zero attached hydrogens (tertiary/aromatic N) is 1. The van der Waals surface area contributed by atoms with Crippen LogP contribution < -0.4 is 10.5 Å². The summed E-state index contributed by atoms with van der Waals surface area (Å²) < 4.78 is 21.2. The van der Waals surface area contributed by atoms with Gasteiger partial charge < -0.3 is 5.32 Å². The maximum atomic E-state index is 10.6. The predicted molar refractivity (Wildman–Crippen MR) is 65.3 cm³/mol. The standard InChI is InChI=1S/C8H13N3O4S2/c9-17(14,15)3-1-2-10-5-7-4-8(11(12)13)16-6-7/h4,6,10H,1-3,5H2,(H2,9,14,15). The number of nitro groups is 1. The van der Waals surface area contributed by atoms with Gasteiger partial charge in [0, 0.05) is 18.0 Å². The number of thiophene rings is 1. The van der Waals surface area contributed by atoms with E-state index in [1.807, 2.05) is 0 Å². The number of nitrogens with one attached hydrogen (secondary N) is 1. The fourth-order valence-electron chi connectivity index (χ4n) is 1.18. The second-order valence-electron chi connectivity index (χ2n) is 3.45. The highest BCUT2D eigenvalue weighted by Crippen LogP contribution is 2.22. The lowest BCUT2D eigenvalue weighted by Crippen LogP contribution is -2.21. The van der Waals surface area contributed by atoms with E-state index in [2.05, 4.69) is 5.32 Å². The molecule has 0 atom stereocenters. The van der Waals surface area contributed by atoms with Crippen LogP contribution in [0, 0.1) is 10.1 Å². The number of hydrogen-bond donors (Lipinski definition) is 2. The molecular weight excluding hydrogens is 266 g/mol. The van der Waals surface area contributed by atoms with Gasteiger partial charge in [-0.3, -0.25) is 10.1 Å². The molecule has 0 saturated heterocycles. The quantitative estimate of drug-likeness (QED) is 0.426. The molecule has 1 heterocycles. The van der Waals surface area contributed by atoms with Gasteiger partial charge in [-0.1, -0.05) is 11.3 Å². The van der Waals surface area contributed by atoms with Crippen LogP contribution >= 0.6 is 11.3 Å². The van der Waals surface area contributed by atoms with Gasteiger partial charge in [0.1, 0.15) is 0 Å². The van der Waals surface area contributed by atoms with E-state index in [9.17, 15) is 18.5 Å². The molecule has 0 bridgehead atoms. The van der Waals surface area contributed by atoms with Crippen molar-refractivity contribution in [3.8, 4) is 0 Å². The Balaban J connectivity index is 2.24. The molecule has 0 amide bonds. The highest BCUT2D eigenvalue weighted by atomic mass is 32.2. The fourth-order valence-corrected chi connectivity index (χ4v) is 2.46. The third-order valence-corrected chi connectivity index (χ3v) is 3.72. The van der Waals surface area contributed by atoms with Crippen molar-refractivity contribution in [3.63, 3.8) is 0 Å². The van der Waals surface area contributed by atoms with Gasteiger partial charge in [-0.2, -0.15) is 0 Å². The third kappa shape index (κ3) is 5.73. The minimum Gasteiger partial charge on any atom is -0.313 e. The first-order valence-corrected chi connectivity index (χ1v) is 7.41. The predicted octanol–water partition coefficient (Wildman–Crippen LogP) is 0.425. The summed E-state index contributed by atoms with van der Waals surface area (Å²) in [6.07, 6.45) is 0.422. The first-order chi connectivity index (χ1) is 7.88. The fraction of sp³-hybridized carbons (Fsp3) is 0.500. The Labute approximate surface area is 103 Å². The maximum Gasteiger partial charge on any atom is 0.324 e. The van der Waals surface area contributed by atoms with Crippen molar-refractivity contribution in [1.29, 1.82) is 0 Å². The van der Waals surface area contributed by atoms with E-state index in [4.69, 9.17) is 5.14 Å². The summed E-state index contributed by atoms with van der Waals surface area (Å²) in [5.74, 6) is -0.0657. The SMILES string of the molecule is NS(=O)(=O)CCCNCc1csc([N+](=O)[O-])c1. The zero-order valence-corrected chi connectivity index (χ0v) is 10.6. The summed E-state index contributed by atoms with van der Waals surface area (Å²) in [5, 5.41) is 20.0. The lowest BCUT2D eigenvalue weighted by atomic mass is 10.3. The van der Waals surface area contributed by atoms with E-state index in [0.717, 1.165) is 16.9 Å². The number of nitrogens with two attached hydrogens (primary N) is 1. The molecule has 96 valence electrons. The molecule has 0 spiro atoms.